The van der Waals surface area contributed by atoms with Gasteiger partial charge in [-0.3, -0.25) is 0 Å². The van der Waals surface area contributed by atoms with E-state index in [4.69, 9.17) is 16.3 Å². The number of hydrogen-bond donors (Lipinski definition) is 0. The standard InChI is InChI=1S/C39H23ClO/c40-36-16-8-6-11-27(36)26-17-20-31-30-14-5-7-15-32(30)39(35(31)23-26)33-21-18-24-9-1-3-12-28(24)37(33)41-38-29-13-4-2-10-25(29)19-22-34(38)39/h1-23H. The van der Waals surface area contributed by atoms with Crippen molar-refractivity contribution in [3.8, 4) is 33.8 Å². The van der Waals surface area contributed by atoms with Crippen LogP contribution in [0.2, 0.25) is 5.02 Å². The second kappa shape index (κ2) is 8.33. The van der Waals surface area contributed by atoms with Gasteiger partial charge in [0.1, 0.15) is 11.5 Å². The van der Waals surface area contributed by atoms with Crippen molar-refractivity contribution in [2.24, 2.45) is 0 Å². The van der Waals surface area contributed by atoms with Gasteiger partial charge in [-0.25, -0.2) is 0 Å². The fourth-order valence-corrected chi connectivity index (χ4v) is 7.51. The summed E-state index contributed by atoms with van der Waals surface area (Å²) >= 11 is 6.75. The number of hydrogen-bond acceptors (Lipinski definition) is 1. The highest BCUT2D eigenvalue weighted by atomic mass is 35.5. The van der Waals surface area contributed by atoms with Gasteiger partial charge in [0.2, 0.25) is 0 Å². The Morgan fingerprint density at radius 1 is 0.439 bits per heavy atom. The molecule has 0 fully saturated rings. The minimum absolute atomic E-state index is 0.555. The molecule has 1 heterocycles. The SMILES string of the molecule is Clc1ccccc1-c1ccc2c(c1)C1(c3ccccc3-2)c2ccc3ccccc3c2Oc2c1ccc1ccccc21. The molecule has 0 bridgehead atoms. The van der Waals surface area contributed by atoms with E-state index in [-0.39, 0.29) is 0 Å². The quantitative estimate of drug-likeness (QED) is 0.200. The van der Waals surface area contributed by atoms with Gasteiger partial charge < -0.3 is 4.74 Å². The molecule has 0 atom stereocenters. The summed E-state index contributed by atoms with van der Waals surface area (Å²) in [5, 5.41) is 5.33. The van der Waals surface area contributed by atoms with Crippen LogP contribution in [0.5, 0.6) is 11.5 Å². The van der Waals surface area contributed by atoms with Crippen molar-refractivity contribution >= 4 is 33.1 Å². The molecule has 0 amide bonds. The van der Waals surface area contributed by atoms with Gasteiger partial charge in [-0.1, -0.05) is 139 Å². The van der Waals surface area contributed by atoms with E-state index in [0.29, 0.717) is 0 Å². The summed E-state index contributed by atoms with van der Waals surface area (Å²) in [6, 6.07) is 49.9. The molecule has 1 aliphatic heterocycles. The van der Waals surface area contributed by atoms with Gasteiger partial charge >= 0.3 is 0 Å². The predicted molar refractivity (Wildman–Crippen MR) is 169 cm³/mol. The molecule has 9 rings (SSSR count). The van der Waals surface area contributed by atoms with E-state index >= 15 is 0 Å². The molecule has 0 unspecified atom stereocenters. The predicted octanol–water partition coefficient (Wildman–Crippen LogP) is 10.8. The number of fused-ring (bicyclic) bond motifs is 13. The van der Waals surface area contributed by atoms with Gasteiger partial charge in [-0.05, 0) is 50.7 Å². The van der Waals surface area contributed by atoms with Gasteiger partial charge in [0.05, 0.1) is 5.41 Å². The maximum absolute atomic E-state index is 7.03. The molecular weight excluding hydrogens is 520 g/mol. The number of ether oxygens (including phenoxy) is 1. The summed E-state index contributed by atoms with van der Waals surface area (Å²) in [5.41, 5.74) is 8.97. The molecule has 2 aliphatic rings. The van der Waals surface area contributed by atoms with Crippen LogP contribution in [-0.4, -0.2) is 0 Å². The van der Waals surface area contributed by atoms with Crippen LogP contribution < -0.4 is 4.74 Å². The van der Waals surface area contributed by atoms with Crippen LogP contribution in [0.4, 0.5) is 0 Å². The van der Waals surface area contributed by atoms with Crippen LogP contribution in [-0.2, 0) is 5.41 Å². The second-order valence-electron chi connectivity index (χ2n) is 11.0. The number of benzene rings is 7. The summed E-state index contributed by atoms with van der Waals surface area (Å²) in [6.45, 7) is 0. The van der Waals surface area contributed by atoms with Crippen molar-refractivity contribution in [2.45, 2.75) is 5.41 Å². The minimum atomic E-state index is -0.555. The van der Waals surface area contributed by atoms with Crippen molar-refractivity contribution in [1.29, 1.82) is 0 Å². The topological polar surface area (TPSA) is 9.23 Å². The molecule has 1 aliphatic carbocycles. The van der Waals surface area contributed by atoms with Crippen LogP contribution in [0, 0.1) is 0 Å². The summed E-state index contributed by atoms with van der Waals surface area (Å²) in [7, 11) is 0. The maximum Gasteiger partial charge on any atom is 0.140 e. The Hall–Kier alpha value is -4.85. The minimum Gasteiger partial charge on any atom is -0.455 e. The number of rotatable bonds is 1. The van der Waals surface area contributed by atoms with Crippen molar-refractivity contribution in [2.75, 3.05) is 0 Å². The molecule has 192 valence electrons. The Morgan fingerprint density at radius 2 is 1.00 bits per heavy atom. The Balaban J connectivity index is 1.48. The lowest BCUT2D eigenvalue weighted by atomic mass is 9.65. The van der Waals surface area contributed by atoms with E-state index < -0.39 is 5.41 Å². The summed E-state index contributed by atoms with van der Waals surface area (Å²) in [5.74, 6) is 1.86. The van der Waals surface area contributed by atoms with Crippen LogP contribution >= 0.6 is 11.6 Å². The summed E-state index contributed by atoms with van der Waals surface area (Å²) in [4.78, 5) is 0. The second-order valence-corrected chi connectivity index (χ2v) is 11.4. The first-order valence-electron chi connectivity index (χ1n) is 14.0. The Morgan fingerprint density at radius 3 is 1.68 bits per heavy atom. The number of halogens is 1. The molecule has 0 N–H and O–H groups in total. The zero-order valence-corrected chi connectivity index (χ0v) is 22.8. The van der Waals surface area contributed by atoms with E-state index in [9.17, 15) is 0 Å². The zero-order valence-electron chi connectivity index (χ0n) is 22.1. The van der Waals surface area contributed by atoms with Crippen molar-refractivity contribution in [3.05, 3.63) is 167 Å². The molecule has 0 aromatic heterocycles. The van der Waals surface area contributed by atoms with E-state index in [1.807, 2.05) is 12.1 Å². The molecule has 0 radical (unpaired) electrons. The van der Waals surface area contributed by atoms with Gasteiger partial charge in [-0.15, -0.1) is 0 Å². The van der Waals surface area contributed by atoms with E-state index in [1.165, 1.54) is 44.2 Å². The molecule has 7 aromatic carbocycles. The fraction of sp³-hybridized carbons (Fsp3) is 0.0256. The highest BCUT2D eigenvalue weighted by Gasteiger charge is 2.51. The van der Waals surface area contributed by atoms with Gasteiger partial charge in [0.25, 0.3) is 0 Å². The van der Waals surface area contributed by atoms with Gasteiger partial charge in [0.15, 0.2) is 0 Å². The van der Waals surface area contributed by atoms with Crippen molar-refractivity contribution in [1.82, 2.24) is 0 Å². The van der Waals surface area contributed by atoms with Crippen molar-refractivity contribution in [3.63, 3.8) is 0 Å². The monoisotopic (exact) mass is 542 g/mol. The van der Waals surface area contributed by atoms with Crippen LogP contribution in [0.3, 0.4) is 0 Å². The van der Waals surface area contributed by atoms with Gasteiger partial charge in [0, 0.05) is 32.5 Å². The normalized spacial score (nSPS) is 13.9. The third kappa shape index (κ3) is 2.96. The Kier molecular flexibility index (Phi) is 4.66. The van der Waals surface area contributed by atoms with Crippen LogP contribution in [0.1, 0.15) is 22.3 Å². The molecule has 7 aromatic rings. The first kappa shape index (κ1) is 22.9. The largest absolute Gasteiger partial charge is 0.455 e. The van der Waals surface area contributed by atoms with Crippen LogP contribution in [0.15, 0.2) is 140 Å². The Bertz CT molecular complexity index is 2120. The first-order valence-corrected chi connectivity index (χ1v) is 14.3. The smallest absolute Gasteiger partial charge is 0.140 e. The molecule has 2 heteroatoms. The van der Waals surface area contributed by atoms with Crippen LogP contribution in [0.25, 0.3) is 43.8 Å². The highest BCUT2D eigenvalue weighted by Crippen LogP contribution is 2.64. The fourth-order valence-electron chi connectivity index (χ4n) is 7.27. The average molecular weight is 543 g/mol. The Labute approximate surface area is 243 Å². The van der Waals surface area contributed by atoms with E-state index in [2.05, 4.69) is 127 Å². The highest BCUT2D eigenvalue weighted by molar-refractivity contribution is 6.33. The summed E-state index contributed by atoms with van der Waals surface area (Å²) in [6.07, 6.45) is 0. The van der Waals surface area contributed by atoms with Crippen molar-refractivity contribution < 1.29 is 4.74 Å². The third-order valence-electron chi connectivity index (χ3n) is 9.00. The maximum atomic E-state index is 7.03. The summed E-state index contributed by atoms with van der Waals surface area (Å²) < 4.78 is 7.03. The third-order valence-corrected chi connectivity index (χ3v) is 9.33. The lowest BCUT2D eigenvalue weighted by molar-refractivity contribution is 0.447. The lowest BCUT2D eigenvalue weighted by Gasteiger charge is -2.40. The molecule has 1 spiro atoms. The average Bonchev–Trinajstić information content (AvgIpc) is 3.31. The zero-order chi connectivity index (χ0) is 27.1. The molecular formula is C39H23ClO. The molecule has 0 saturated carbocycles. The van der Waals surface area contributed by atoms with E-state index in [0.717, 1.165) is 38.4 Å². The molecule has 0 saturated heterocycles. The first-order chi connectivity index (χ1) is 20.2. The molecule has 41 heavy (non-hydrogen) atoms. The van der Waals surface area contributed by atoms with Gasteiger partial charge in [-0.2, -0.15) is 0 Å². The van der Waals surface area contributed by atoms with E-state index in [1.54, 1.807) is 0 Å². The lowest BCUT2D eigenvalue weighted by Crippen LogP contribution is -2.32. The molecule has 1 nitrogen and oxygen atoms in total.